The lowest BCUT2D eigenvalue weighted by atomic mass is 10.1. The number of hydrogen-bond acceptors (Lipinski definition) is 2. The van der Waals surface area contributed by atoms with Gasteiger partial charge < -0.3 is 10.2 Å². The van der Waals surface area contributed by atoms with Crippen molar-refractivity contribution in [3.8, 4) is 0 Å². The van der Waals surface area contributed by atoms with Crippen LogP contribution in [0.3, 0.4) is 0 Å². The Hall–Kier alpha value is -1.42. The first-order chi connectivity index (χ1) is 8.66. The zero-order valence-electron chi connectivity index (χ0n) is 10.7. The number of benzene rings is 1. The van der Waals surface area contributed by atoms with Crippen LogP contribution in [-0.4, -0.2) is 37.0 Å². The average molecular weight is 250 g/mol. The third-order valence-corrected chi connectivity index (χ3v) is 3.35. The summed E-state index contributed by atoms with van der Waals surface area (Å²) in [5, 5.41) is 2.88. The molecule has 0 bridgehead atoms. The van der Waals surface area contributed by atoms with Gasteiger partial charge in [-0.3, -0.25) is 4.79 Å². The number of carbonyl (C=O) groups is 1. The zero-order valence-corrected chi connectivity index (χ0v) is 10.7. The summed E-state index contributed by atoms with van der Waals surface area (Å²) in [4.78, 5) is 14.2. The molecule has 0 aliphatic carbocycles. The van der Waals surface area contributed by atoms with Crippen LogP contribution in [0.25, 0.3) is 0 Å². The molecular formula is C14H19FN2O. The second kappa shape index (κ2) is 5.96. The Kier molecular flexibility index (Phi) is 4.31. The molecule has 0 atom stereocenters. The fraction of sp³-hybridized carbons (Fsp3) is 0.500. The van der Waals surface area contributed by atoms with E-state index in [1.54, 1.807) is 6.92 Å². The second-order valence-electron chi connectivity index (χ2n) is 4.76. The highest BCUT2D eigenvalue weighted by Gasteiger charge is 2.12. The van der Waals surface area contributed by atoms with Crippen LogP contribution >= 0.6 is 0 Å². The van der Waals surface area contributed by atoms with Gasteiger partial charge in [0.05, 0.1) is 0 Å². The molecule has 2 rings (SSSR count). The Morgan fingerprint density at radius 1 is 1.39 bits per heavy atom. The molecule has 0 saturated carbocycles. The van der Waals surface area contributed by atoms with Crippen LogP contribution in [-0.2, 0) is 0 Å². The Morgan fingerprint density at radius 2 is 2.11 bits per heavy atom. The van der Waals surface area contributed by atoms with Gasteiger partial charge in [-0.1, -0.05) is 0 Å². The van der Waals surface area contributed by atoms with E-state index in [9.17, 15) is 9.18 Å². The van der Waals surface area contributed by atoms with E-state index in [2.05, 4.69) is 10.2 Å². The van der Waals surface area contributed by atoms with E-state index in [1.165, 1.54) is 31.0 Å². The van der Waals surface area contributed by atoms with E-state index in [-0.39, 0.29) is 11.7 Å². The molecule has 0 unspecified atom stereocenters. The highest BCUT2D eigenvalue weighted by Crippen LogP contribution is 2.10. The van der Waals surface area contributed by atoms with E-state index in [0.717, 1.165) is 19.6 Å². The number of nitrogens with one attached hydrogen (secondary N) is 1. The number of rotatable bonds is 4. The maximum absolute atomic E-state index is 12.9. The molecule has 0 aromatic heterocycles. The number of aryl methyl sites for hydroxylation is 1. The molecule has 18 heavy (non-hydrogen) atoms. The van der Waals surface area contributed by atoms with Gasteiger partial charge in [-0.2, -0.15) is 0 Å². The molecule has 1 aliphatic rings. The first-order valence-corrected chi connectivity index (χ1v) is 6.43. The summed E-state index contributed by atoms with van der Waals surface area (Å²) in [5.74, 6) is -0.423. The van der Waals surface area contributed by atoms with E-state index in [4.69, 9.17) is 0 Å². The van der Waals surface area contributed by atoms with Crippen LogP contribution in [0.5, 0.6) is 0 Å². The minimum absolute atomic E-state index is 0.119. The van der Waals surface area contributed by atoms with Crippen molar-refractivity contribution >= 4 is 5.91 Å². The van der Waals surface area contributed by atoms with Crippen LogP contribution in [0.15, 0.2) is 18.2 Å². The zero-order chi connectivity index (χ0) is 13.0. The molecule has 1 fully saturated rings. The molecule has 1 aliphatic heterocycles. The summed E-state index contributed by atoms with van der Waals surface area (Å²) in [6, 6.07) is 4.24. The van der Waals surface area contributed by atoms with Gasteiger partial charge in [0.25, 0.3) is 5.91 Å². The van der Waals surface area contributed by atoms with Crippen molar-refractivity contribution in [3.05, 3.63) is 35.1 Å². The fourth-order valence-electron chi connectivity index (χ4n) is 2.31. The van der Waals surface area contributed by atoms with E-state index in [1.807, 2.05) is 0 Å². The molecule has 1 saturated heterocycles. The smallest absolute Gasteiger partial charge is 0.251 e. The Labute approximate surface area is 107 Å². The van der Waals surface area contributed by atoms with Gasteiger partial charge in [-0.25, -0.2) is 4.39 Å². The van der Waals surface area contributed by atoms with Gasteiger partial charge in [0, 0.05) is 18.7 Å². The fourth-order valence-corrected chi connectivity index (χ4v) is 2.31. The van der Waals surface area contributed by atoms with Gasteiger partial charge in [0.2, 0.25) is 0 Å². The standard InChI is InChI=1S/C14H19FN2O/c1-11-10-12(15)4-5-13(11)14(18)16-6-9-17-7-2-3-8-17/h4-5,10H,2-3,6-9H2,1H3,(H,16,18). The Balaban J connectivity index is 1.83. The molecule has 1 N–H and O–H groups in total. The van der Waals surface area contributed by atoms with Crippen LogP contribution in [0.2, 0.25) is 0 Å². The first kappa shape index (κ1) is 13.0. The predicted octanol–water partition coefficient (Wildman–Crippen LogP) is 1.96. The number of nitrogens with zero attached hydrogens (tertiary/aromatic N) is 1. The van der Waals surface area contributed by atoms with E-state index < -0.39 is 0 Å². The maximum atomic E-state index is 12.9. The van der Waals surface area contributed by atoms with Crippen molar-refractivity contribution in [2.45, 2.75) is 19.8 Å². The lowest BCUT2D eigenvalue weighted by Gasteiger charge is -2.15. The maximum Gasteiger partial charge on any atom is 0.251 e. The van der Waals surface area contributed by atoms with Crippen molar-refractivity contribution < 1.29 is 9.18 Å². The van der Waals surface area contributed by atoms with Crippen molar-refractivity contribution in [2.24, 2.45) is 0 Å². The largest absolute Gasteiger partial charge is 0.351 e. The number of halogens is 1. The van der Waals surface area contributed by atoms with Gasteiger partial charge in [-0.05, 0) is 56.6 Å². The quantitative estimate of drug-likeness (QED) is 0.886. The lowest BCUT2D eigenvalue weighted by molar-refractivity contribution is 0.0949. The summed E-state index contributed by atoms with van der Waals surface area (Å²) in [6.07, 6.45) is 2.51. The minimum Gasteiger partial charge on any atom is -0.351 e. The Bertz CT molecular complexity index is 428. The molecule has 0 spiro atoms. The molecule has 3 nitrogen and oxygen atoms in total. The van der Waals surface area contributed by atoms with E-state index in [0.29, 0.717) is 17.7 Å². The van der Waals surface area contributed by atoms with Gasteiger partial charge in [0.15, 0.2) is 0 Å². The molecule has 98 valence electrons. The second-order valence-corrected chi connectivity index (χ2v) is 4.76. The molecule has 4 heteroatoms. The third kappa shape index (κ3) is 3.29. The van der Waals surface area contributed by atoms with Crippen LogP contribution in [0, 0.1) is 12.7 Å². The molecule has 0 radical (unpaired) electrons. The van der Waals surface area contributed by atoms with Crippen molar-refractivity contribution in [2.75, 3.05) is 26.2 Å². The number of carbonyl (C=O) groups excluding carboxylic acids is 1. The van der Waals surface area contributed by atoms with Gasteiger partial charge in [-0.15, -0.1) is 0 Å². The third-order valence-electron chi connectivity index (χ3n) is 3.35. The van der Waals surface area contributed by atoms with E-state index >= 15 is 0 Å². The average Bonchev–Trinajstić information content (AvgIpc) is 2.81. The molecule has 1 aromatic rings. The summed E-state index contributed by atoms with van der Waals surface area (Å²) in [6.45, 7) is 5.55. The van der Waals surface area contributed by atoms with Crippen molar-refractivity contribution in [1.29, 1.82) is 0 Å². The monoisotopic (exact) mass is 250 g/mol. The number of hydrogen-bond donors (Lipinski definition) is 1. The van der Waals surface area contributed by atoms with Gasteiger partial charge >= 0.3 is 0 Å². The first-order valence-electron chi connectivity index (χ1n) is 6.43. The van der Waals surface area contributed by atoms with Gasteiger partial charge in [0.1, 0.15) is 5.82 Å². The number of amides is 1. The lowest BCUT2D eigenvalue weighted by Crippen LogP contribution is -2.33. The summed E-state index contributed by atoms with van der Waals surface area (Å²) in [7, 11) is 0. The van der Waals surface area contributed by atoms with Crippen molar-refractivity contribution in [3.63, 3.8) is 0 Å². The summed E-state index contributed by atoms with van der Waals surface area (Å²) >= 11 is 0. The van der Waals surface area contributed by atoms with Crippen molar-refractivity contribution in [1.82, 2.24) is 10.2 Å². The summed E-state index contributed by atoms with van der Waals surface area (Å²) < 4.78 is 12.9. The SMILES string of the molecule is Cc1cc(F)ccc1C(=O)NCCN1CCCC1. The highest BCUT2D eigenvalue weighted by atomic mass is 19.1. The number of likely N-dealkylation sites (tertiary alicyclic amines) is 1. The van der Waals surface area contributed by atoms with Crippen LogP contribution < -0.4 is 5.32 Å². The molecule has 1 heterocycles. The highest BCUT2D eigenvalue weighted by molar-refractivity contribution is 5.95. The topological polar surface area (TPSA) is 32.3 Å². The normalized spacial score (nSPS) is 15.9. The van der Waals surface area contributed by atoms with Crippen LogP contribution in [0.4, 0.5) is 4.39 Å². The Morgan fingerprint density at radius 3 is 2.78 bits per heavy atom. The summed E-state index contributed by atoms with van der Waals surface area (Å²) in [5.41, 5.74) is 1.23. The molecule has 1 aromatic carbocycles. The predicted molar refractivity (Wildman–Crippen MR) is 69.1 cm³/mol. The molecular weight excluding hydrogens is 231 g/mol. The molecule has 1 amide bonds. The van der Waals surface area contributed by atoms with Crippen LogP contribution in [0.1, 0.15) is 28.8 Å². The minimum atomic E-state index is -0.305.